The van der Waals surface area contributed by atoms with Gasteiger partial charge in [0.2, 0.25) is 0 Å². The Morgan fingerprint density at radius 2 is 1.89 bits per heavy atom. The van der Waals surface area contributed by atoms with Crippen LogP contribution in [0.4, 0.5) is 0 Å². The number of aliphatic hydroxyl groups excluding tert-OH is 3. The van der Waals surface area contributed by atoms with Crippen LogP contribution >= 0.6 is 0 Å². The summed E-state index contributed by atoms with van der Waals surface area (Å²) in [5, 5.41) is 26.6. The van der Waals surface area contributed by atoms with Gasteiger partial charge < -0.3 is 15.3 Å². The van der Waals surface area contributed by atoms with Crippen molar-refractivity contribution in [3.05, 3.63) is 12.2 Å². The van der Waals surface area contributed by atoms with Crippen molar-refractivity contribution in [2.75, 3.05) is 0 Å². The molecule has 1 rings (SSSR count). The van der Waals surface area contributed by atoms with Crippen LogP contribution in [0.5, 0.6) is 0 Å². The first-order valence-electron chi connectivity index (χ1n) is 2.92. The molecule has 0 unspecified atom stereocenters. The van der Waals surface area contributed by atoms with Crippen LogP contribution in [0.15, 0.2) is 12.2 Å². The number of hydrogen-bond donors (Lipinski definition) is 3. The normalized spacial score (nSPS) is 43.2. The summed E-state index contributed by atoms with van der Waals surface area (Å²) in [6.45, 7) is 0. The molecule has 0 aromatic carbocycles. The van der Waals surface area contributed by atoms with Crippen LogP contribution in [0.3, 0.4) is 0 Å². The van der Waals surface area contributed by atoms with Crippen molar-refractivity contribution in [1.82, 2.24) is 0 Å². The molecule has 0 aromatic rings. The zero-order valence-electron chi connectivity index (χ0n) is 4.94. The van der Waals surface area contributed by atoms with E-state index in [4.69, 9.17) is 15.3 Å². The highest BCUT2D eigenvalue weighted by Crippen LogP contribution is 2.11. The average molecular weight is 130 g/mol. The van der Waals surface area contributed by atoms with E-state index in [1.165, 1.54) is 6.08 Å². The lowest BCUT2D eigenvalue weighted by atomic mass is 9.99. The van der Waals surface area contributed by atoms with E-state index >= 15 is 0 Å². The molecule has 0 heterocycles. The summed E-state index contributed by atoms with van der Waals surface area (Å²) < 4.78 is 0. The van der Waals surface area contributed by atoms with Gasteiger partial charge in [-0.2, -0.15) is 0 Å². The molecule has 0 fully saturated rings. The minimum atomic E-state index is -1.00. The van der Waals surface area contributed by atoms with E-state index in [1.807, 2.05) is 0 Å². The van der Waals surface area contributed by atoms with Gasteiger partial charge in [-0.1, -0.05) is 12.2 Å². The fourth-order valence-corrected chi connectivity index (χ4v) is 0.838. The molecule has 0 amide bonds. The molecule has 1 aliphatic carbocycles. The van der Waals surface area contributed by atoms with Crippen LogP contribution in [-0.4, -0.2) is 33.6 Å². The Morgan fingerprint density at radius 1 is 1.22 bits per heavy atom. The number of aliphatic hydroxyl groups is 3. The second-order valence-corrected chi connectivity index (χ2v) is 2.21. The van der Waals surface area contributed by atoms with Crippen LogP contribution in [0.25, 0.3) is 0 Å². The minimum absolute atomic E-state index is 0.429. The maximum Gasteiger partial charge on any atom is 0.110 e. The fourth-order valence-electron chi connectivity index (χ4n) is 0.838. The monoisotopic (exact) mass is 130 g/mol. The van der Waals surface area contributed by atoms with Gasteiger partial charge in [0.05, 0.1) is 6.10 Å². The van der Waals surface area contributed by atoms with Crippen molar-refractivity contribution in [2.45, 2.75) is 24.7 Å². The molecule has 1 aliphatic rings. The van der Waals surface area contributed by atoms with Gasteiger partial charge in [0.1, 0.15) is 12.2 Å². The maximum atomic E-state index is 8.89. The third-order valence-electron chi connectivity index (χ3n) is 1.45. The van der Waals surface area contributed by atoms with E-state index in [0.717, 1.165) is 0 Å². The van der Waals surface area contributed by atoms with Crippen LogP contribution in [0.2, 0.25) is 0 Å². The third-order valence-corrected chi connectivity index (χ3v) is 1.45. The fraction of sp³-hybridized carbons (Fsp3) is 0.667. The molecule has 3 nitrogen and oxygen atoms in total. The lowest BCUT2D eigenvalue weighted by molar-refractivity contribution is -0.0453. The Labute approximate surface area is 53.3 Å². The van der Waals surface area contributed by atoms with Crippen LogP contribution in [0, 0.1) is 0 Å². The number of rotatable bonds is 0. The van der Waals surface area contributed by atoms with E-state index in [1.54, 1.807) is 6.08 Å². The van der Waals surface area contributed by atoms with Crippen molar-refractivity contribution in [2.24, 2.45) is 0 Å². The van der Waals surface area contributed by atoms with Gasteiger partial charge in [0, 0.05) is 0 Å². The van der Waals surface area contributed by atoms with E-state index < -0.39 is 18.3 Å². The zero-order valence-corrected chi connectivity index (χ0v) is 4.94. The third kappa shape index (κ3) is 1.30. The van der Waals surface area contributed by atoms with Gasteiger partial charge >= 0.3 is 0 Å². The van der Waals surface area contributed by atoms with Gasteiger partial charge in [-0.25, -0.2) is 0 Å². The minimum Gasteiger partial charge on any atom is -0.390 e. The lowest BCUT2D eigenvalue weighted by Gasteiger charge is -2.23. The summed E-state index contributed by atoms with van der Waals surface area (Å²) in [6, 6.07) is 0. The molecule has 0 bridgehead atoms. The maximum absolute atomic E-state index is 8.89. The van der Waals surface area contributed by atoms with E-state index in [0.29, 0.717) is 6.42 Å². The molecule has 3 N–H and O–H groups in total. The predicted molar refractivity (Wildman–Crippen MR) is 31.8 cm³/mol. The topological polar surface area (TPSA) is 60.7 Å². The van der Waals surface area contributed by atoms with E-state index in [9.17, 15) is 0 Å². The molecule has 3 atom stereocenters. The predicted octanol–water partition coefficient (Wildman–Crippen LogP) is -0.971. The van der Waals surface area contributed by atoms with Crippen molar-refractivity contribution in [3.63, 3.8) is 0 Å². The first-order chi connectivity index (χ1) is 4.22. The summed E-state index contributed by atoms with van der Waals surface area (Å²) in [5.41, 5.74) is 0. The summed E-state index contributed by atoms with van der Waals surface area (Å²) in [7, 11) is 0. The largest absolute Gasteiger partial charge is 0.390 e. The van der Waals surface area contributed by atoms with Gasteiger partial charge in [-0.15, -0.1) is 0 Å². The van der Waals surface area contributed by atoms with Crippen LogP contribution in [0.1, 0.15) is 6.42 Å². The van der Waals surface area contributed by atoms with Crippen molar-refractivity contribution in [3.8, 4) is 0 Å². The molecule has 0 aliphatic heterocycles. The highest BCUT2D eigenvalue weighted by molar-refractivity contribution is 5.01. The molecular weight excluding hydrogens is 120 g/mol. The molecule has 52 valence electrons. The molecule has 3 heteroatoms. The SMILES string of the molecule is O[C@H]1[C@H](O)C=CC[C@@H]1O. The first-order valence-corrected chi connectivity index (χ1v) is 2.92. The van der Waals surface area contributed by atoms with E-state index in [2.05, 4.69) is 0 Å². The summed E-state index contributed by atoms with van der Waals surface area (Å²) in [5.74, 6) is 0. The second-order valence-electron chi connectivity index (χ2n) is 2.21. The second kappa shape index (κ2) is 2.47. The molecular formula is C6H10O3. The van der Waals surface area contributed by atoms with Gasteiger partial charge in [0.25, 0.3) is 0 Å². The van der Waals surface area contributed by atoms with Crippen molar-refractivity contribution < 1.29 is 15.3 Å². The average Bonchev–Trinajstić information content (AvgIpc) is 1.83. The van der Waals surface area contributed by atoms with Gasteiger partial charge in [-0.05, 0) is 6.42 Å². The summed E-state index contributed by atoms with van der Waals surface area (Å²) in [6.07, 6.45) is 0.867. The highest BCUT2D eigenvalue weighted by atomic mass is 16.4. The summed E-state index contributed by atoms with van der Waals surface area (Å²) >= 11 is 0. The molecule has 0 radical (unpaired) electrons. The Hall–Kier alpha value is -0.380. The Kier molecular flexibility index (Phi) is 1.85. The van der Waals surface area contributed by atoms with Crippen molar-refractivity contribution >= 4 is 0 Å². The highest BCUT2D eigenvalue weighted by Gasteiger charge is 2.24. The molecule has 0 spiro atoms. The van der Waals surface area contributed by atoms with Crippen LogP contribution in [-0.2, 0) is 0 Å². The standard InChI is InChI=1S/C6H10O3/c7-4-2-1-3-5(8)6(4)9/h1-2,4-9H,3H2/t4-,5+,6+/m1/s1. The lowest BCUT2D eigenvalue weighted by Crippen LogP contribution is -2.38. The smallest absolute Gasteiger partial charge is 0.110 e. The first kappa shape index (κ1) is 6.74. The Bertz CT molecular complexity index is 121. The molecule has 0 aromatic heterocycles. The van der Waals surface area contributed by atoms with E-state index in [-0.39, 0.29) is 0 Å². The molecule has 0 saturated carbocycles. The quantitative estimate of drug-likeness (QED) is 0.370. The van der Waals surface area contributed by atoms with Gasteiger partial charge in [-0.3, -0.25) is 0 Å². The number of hydrogen-bond acceptors (Lipinski definition) is 3. The molecule has 9 heavy (non-hydrogen) atoms. The summed E-state index contributed by atoms with van der Waals surface area (Å²) in [4.78, 5) is 0. The van der Waals surface area contributed by atoms with Crippen LogP contribution < -0.4 is 0 Å². The Morgan fingerprint density at radius 3 is 2.33 bits per heavy atom. The Balaban J connectivity index is 2.58. The molecule has 0 saturated heterocycles. The van der Waals surface area contributed by atoms with Gasteiger partial charge in [0.15, 0.2) is 0 Å². The zero-order chi connectivity index (χ0) is 6.85. The van der Waals surface area contributed by atoms with Crippen molar-refractivity contribution in [1.29, 1.82) is 0 Å².